The van der Waals surface area contributed by atoms with Gasteiger partial charge in [-0.3, -0.25) is 0 Å². The zero-order chi connectivity index (χ0) is 15.5. The quantitative estimate of drug-likeness (QED) is 0.793. The largest absolute Gasteiger partial charge is 0.378 e. The highest BCUT2D eigenvalue weighted by Crippen LogP contribution is 2.19. The highest BCUT2D eigenvalue weighted by Gasteiger charge is 2.23. The topological polar surface area (TPSA) is 62.7 Å². The second-order valence-electron chi connectivity index (χ2n) is 5.50. The number of ether oxygens (including phenoxy) is 1. The van der Waals surface area contributed by atoms with E-state index in [1.165, 1.54) is 10.5 Å². The molecular formula is C14H23N3O3S. The summed E-state index contributed by atoms with van der Waals surface area (Å²) < 4.78 is 31.8. The van der Waals surface area contributed by atoms with Crippen LogP contribution in [0.3, 0.4) is 0 Å². The van der Waals surface area contributed by atoms with Crippen molar-refractivity contribution in [1.82, 2.24) is 9.29 Å². The lowest BCUT2D eigenvalue weighted by Gasteiger charge is -2.19. The van der Waals surface area contributed by atoms with Crippen LogP contribution in [0.4, 0.5) is 5.82 Å². The summed E-state index contributed by atoms with van der Waals surface area (Å²) in [7, 11) is 1.86. The first-order chi connectivity index (χ1) is 9.91. The van der Waals surface area contributed by atoms with Crippen LogP contribution >= 0.6 is 0 Å². The molecule has 0 saturated carbocycles. The van der Waals surface area contributed by atoms with Gasteiger partial charge >= 0.3 is 0 Å². The minimum absolute atomic E-state index is 0.192. The molecule has 0 amide bonds. The molecule has 0 aromatic carbocycles. The van der Waals surface area contributed by atoms with Gasteiger partial charge in [0.1, 0.15) is 10.7 Å². The first-order valence-electron chi connectivity index (χ1n) is 7.12. The van der Waals surface area contributed by atoms with Gasteiger partial charge in [-0.15, -0.1) is 0 Å². The Hall–Kier alpha value is -1.18. The standard InChI is InChI=1S/C14H23N3O3S/c1-16(2)14-7-6-13(11-15-14)21(18,19)17(3)9-8-12-5-4-10-20-12/h6-7,11-12H,4-5,8-10H2,1-3H3. The predicted octanol–water partition coefficient (Wildman–Crippen LogP) is 1.34. The molecule has 0 spiro atoms. The molecule has 0 bridgehead atoms. The number of pyridine rings is 1. The van der Waals surface area contributed by atoms with Crippen LogP contribution in [0.15, 0.2) is 23.2 Å². The normalized spacial score (nSPS) is 19.1. The van der Waals surface area contributed by atoms with E-state index in [1.807, 2.05) is 19.0 Å². The van der Waals surface area contributed by atoms with Crippen molar-refractivity contribution >= 4 is 15.8 Å². The SMILES string of the molecule is CN(C)c1ccc(S(=O)(=O)N(C)CCC2CCCO2)cn1. The number of sulfonamides is 1. The summed E-state index contributed by atoms with van der Waals surface area (Å²) in [5.74, 6) is 0.732. The molecule has 1 aromatic rings. The van der Waals surface area contributed by atoms with Crippen molar-refractivity contribution in [2.45, 2.75) is 30.3 Å². The third-order valence-corrected chi connectivity index (χ3v) is 5.52. The summed E-state index contributed by atoms with van der Waals surface area (Å²) in [5, 5.41) is 0. The fourth-order valence-corrected chi connectivity index (χ4v) is 3.42. The van der Waals surface area contributed by atoms with Gasteiger partial charge in [0.15, 0.2) is 0 Å². The van der Waals surface area contributed by atoms with Crippen LogP contribution in [0.1, 0.15) is 19.3 Å². The first-order valence-corrected chi connectivity index (χ1v) is 8.56. The van der Waals surface area contributed by atoms with Crippen LogP contribution in [-0.2, 0) is 14.8 Å². The van der Waals surface area contributed by atoms with Crippen molar-refractivity contribution in [2.75, 3.05) is 39.2 Å². The van der Waals surface area contributed by atoms with Crippen molar-refractivity contribution in [3.05, 3.63) is 18.3 Å². The second-order valence-corrected chi connectivity index (χ2v) is 7.54. The minimum atomic E-state index is -3.48. The van der Waals surface area contributed by atoms with E-state index in [4.69, 9.17) is 4.74 Å². The number of aromatic nitrogens is 1. The summed E-state index contributed by atoms with van der Waals surface area (Å²) in [5.41, 5.74) is 0. The molecule has 21 heavy (non-hydrogen) atoms. The molecule has 1 atom stereocenters. The minimum Gasteiger partial charge on any atom is -0.378 e. The Balaban J connectivity index is 2.01. The number of nitrogens with zero attached hydrogens (tertiary/aromatic N) is 3. The summed E-state index contributed by atoms with van der Waals surface area (Å²) >= 11 is 0. The van der Waals surface area contributed by atoms with Gasteiger partial charge in [-0.25, -0.2) is 17.7 Å². The monoisotopic (exact) mass is 313 g/mol. The summed E-state index contributed by atoms with van der Waals surface area (Å²) in [6, 6.07) is 3.31. The zero-order valence-corrected chi connectivity index (χ0v) is 13.6. The average molecular weight is 313 g/mol. The van der Waals surface area contributed by atoms with Crippen molar-refractivity contribution in [3.63, 3.8) is 0 Å². The van der Waals surface area contributed by atoms with Gasteiger partial charge in [0.2, 0.25) is 10.0 Å². The maximum absolute atomic E-state index is 12.4. The molecule has 1 unspecified atom stereocenters. The fourth-order valence-electron chi connectivity index (χ4n) is 2.29. The van der Waals surface area contributed by atoms with Gasteiger partial charge in [0, 0.05) is 40.5 Å². The highest BCUT2D eigenvalue weighted by atomic mass is 32.2. The molecule has 1 aliphatic rings. The molecule has 0 N–H and O–H groups in total. The second kappa shape index (κ2) is 6.72. The number of hydrogen-bond acceptors (Lipinski definition) is 5. The van der Waals surface area contributed by atoms with E-state index in [1.54, 1.807) is 19.2 Å². The third kappa shape index (κ3) is 3.93. The Morgan fingerprint density at radius 3 is 2.62 bits per heavy atom. The summed E-state index contributed by atoms with van der Waals surface area (Å²) in [6.07, 6.45) is 4.42. The maximum Gasteiger partial charge on any atom is 0.244 e. The highest BCUT2D eigenvalue weighted by molar-refractivity contribution is 7.89. The van der Waals surface area contributed by atoms with E-state index in [0.29, 0.717) is 6.54 Å². The number of hydrogen-bond donors (Lipinski definition) is 0. The van der Waals surface area contributed by atoms with Crippen LogP contribution in [0.2, 0.25) is 0 Å². The third-order valence-electron chi connectivity index (χ3n) is 3.68. The molecule has 2 heterocycles. The molecule has 0 aliphatic carbocycles. The van der Waals surface area contributed by atoms with E-state index < -0.39 is 10.0 Å². The van der Waals surface area contributed by atoms with Crippen molar-refractivity contribution in [1.29, 1.82) is 0 Å². The van der Waals surface area contributed by atoms with Crippen LogP contribution in [0.25, 0.3) is 0 Å². The molecule has 2 rings (SSSR count). The van der Waals surface area contributed by atoms with Crippen molar-refractivity contribution in [2.24, 2.45) is 0 Å². The predicted molar refractivity (Wildman–Crippen MR) is 82.0 cm³/mol. The smallest absolute Gasteiger partial charge is 0.244 e. The van der Waals surface area contributed by atoms with Crippen LogP contribution in [0, 0.1) is 0 Å². The van der Waals surface area contributed by atoms with Gasteiger partial charge in [-0.2, -0.15) is 0 Å². The Bertz CT molecular complexity index is 551. The Labute approximate surface area is 126 Å². The van der Waals surface area contributed by atoms with E-state index in [9.17, 15) is 8.42 Å². The van der Waals surface area contributed by atoms with Gasteiger partial charge in [-0.1, -0.05) is 0 Å². The average Bonchev–Trinajstić information content (AvgIpc) is 2.98. The van der Waals surface area contributed by atoms with Crippen LogP contribution in [-0.4, -0.2) is 58.1 Å². The molecule has 1 fully saturated rings. The lowest BCUT2D eigenvalue weighted by atomic mass is 10.2. The van der Waals surface area contributed by atoms with Gasteiger partial charge in [-0.05, 0) is 31.4 Å². The van der Waals surface area contributed by atoms with Gasteiger partial charge in [0.25, 0.3) is 0 Å². The molecular weight excluding hydrogens is 290 g/mol. The fraction of sp³-hybridized carbons (Fsp3) is 0.643. The summed E-state index contributed by atoms with van der Waals surface area (Å²) in [6.45, 7) is 1.25. The van der Waals surface area contributed by atoms with E-state index >= 15 is 0 Å². The molecule has 1 saturated heterocycles. The van der Waals surface area contributed by atoms with Crippen molar-refractivity contribution in [3.8, 4) is 0 Å². The van der Waals surface area contributed by atoms with E-state index in [2.05, 4.69) is 4.98 Å². The molecule has 6 nitrogen and oxygen atoms in total. The van der Waals surface area contributed by atoms with Gasteiger partial charge < -0.3 is 9.64 Å². The Morgan fingerprint density at radius 1 is 1.33 bits per heavy atom. The van der Waals surface area contributed by atoms with Crippen molar-refractivity contribution < 1.29 is 13.2 Å². The molecule has 0 radical (unpaired) electrons. The molecule has 7 heteroatoms. The van der Waals surface area contributed by atoms with Crippen LogP contribution < -0.4 is 4.90 Å². The lowest BCUT2D eigenvalue weighted by Crippen LogP contribution is -2.30. The summed E-state index contributed by atoms with van der Waals surface area (Å²) in [4.78, 5) is 6.22. The van der Waals surface area contributed by atoms with Gasteiger partial charge in [0.05, 0.1) is 6.10 Å². The maximum atomic E-state index is 12.4. The first kappa shape index (κ1) is 16.2. The lowest BCUT2D eigenvalue weighted by molar-refractivity contribution is 0.101. The Kier molecular flexibility index (Phi) is 5.18. The van der Waals surface area contributed by atoms with E-state index in [0.717, 1.165) is 31.7 Å². The number of anilines is 1. The van der Waals surface area contributed by atoms with Crippen LogP contribution in [0.5, 0.6) is 0 Å². The Morgan fingerprint density at radius 2 is 2.10 bits per heavy atom. The molecule has 1 aliphatic heterocycles. The van der Waals surface area contributed by atoms with E-state index in [-0.39, 0.29) is 11.0 Å². The molecule has 1 aromatic heterocycles. The molecule has 118 valence electrons. The number of rotatable bonds is 6. The zero-order valence-electron chi connectivity index (χ0n) is 12.8.